The predicted molar refractivity (Wildman–Crippen MR) is 72.8 cm³/mol. The van der Waals surface area contributed by atoms with Crippen LogP contribution >= 0.6 is 0 Å². The first kappa shape index (κ1) is 13.3. The van der Waals surface area contributed by atoms with Gasteiger partial charge in [-0.1, -0.05) is 18.2 Å². The van der Waals surface area contributed by atoms with Crippen molar-refractivity contribution in [3.8, 4) is 6.07 Å². The Kier molecular flexibility index (Phi) is 4.29. The molecule has 2 rings (SSSR count). The lowest BCUT2D eigenvalue weighted by atomic mass is 10.1. The highest BCUT2D eigenvalue weighted by Gasteiger charge is 2.09. The number of benzene rings is 1. The number of pyridine rings is 1. The first-order chi connectivity index (χ1) is 9.28. The van der Waals surface area contributed by atoms with Gasteiger partial charge in [0, 0.05) is 19.6 Å². The number of nitrogens with zero attached hydrogens (tertiary/aromatic N) is 2. The van der Waals surface area contributed by atoms with E-state index >= 15 is 0 Å². The van der Waals surface area contributed by atoms with Crippen LogP contribution in [0, 0.1) is 11.3 Å². The Bertz CT molecular complexity index is 603. The molecule has 1 aromatic carbocycles. The van der Waals surface area contributed by atoms with Gasteiger partial charge in [0.15, 0.2) is 6.29 Å². The number of para-hydroxylation sites is 1. The first-order valence-corrected chi connectivity index (χ1v) is 5.88. The second kappa shape index (κ2) is 6.14. The molecule has 0 atom stereocenters. The van der Waals surface area contributed by atoms with Crippen molar-refractivity contribution < 1.29 is 9.47 Å². The average Bonchev–Trinajstić information content (AvgIpc) is 2.47. The van der Waals surface area contributed by atoms with Gasteiger partial charge < -0.3 is 14.8 Å². The monoisotopic (exact) mass is 257 g/mol. The highest BCUT2D eigenvalue weighted by molar-refractivity contribution is 5.82. The third-order valence-electron chi connectivity index (χ3n) is 2.81. The maximum Gasteiger partial charge on any atom is 0.173 e. The molecule has 0 unspecified atom stereocenters. The highest BCUT2D eigenvalue weighted by atomic mass is 16.7. The summed E-state index contributed by atoms with van der Waals surface area (Å²) in [6.45, 7) is 0.424. The molecule has 19 heavy (non-hydrogen) atoms. The van der Waals surface area contributed by atoms with Crippen molar-refractivity contribution in [1.29, 1.82) is 5.26 Å². The van der Waals surface area contributed by atoms with E-state index in [2.05, 4.69) is 16.4 Å². The van der Waals surface area contributed by atoms with Crippen LogP contribution in [0.5, 0.6) is 0 Å². The predicted octanol–water partition coefficient (Wildman–Crippen LogP) is 2.14. The van der Waals surface area contributed by atoms with Gasteiger partial charge in [0.05, 0.1) is 17.6 Å². The van der Waals surface area contributed by atoms with Crippen molar-refractivity contribution in [1.82, 2.24) is 4.98 Å². The van der Waals surface area contributed by atoms with Crippen molar-refractivity contribution >= 4 is 16.7 Å². The van der Waals surface area contributed by atoms with Crippen molar-refractivity contribution in [2.45, 2.75) is 6.29 Å². The zero-order valence-corrected chi connectivity index (χ0v) is 10.9. The molecule has 0 bridgehead atoms. The molecule has 1 heterocycles. The molecule has 0 aliphatic carbocycles. The number of ether oxygens (including phenoxy) is 2. The fourth-order valence-electron chi connectivity index (χ4n) is 1.78. The number of nitriles is 1. The van der Waals surface area contributed by atoms with Crippen molar-refractivity contribution in [3.05, 3.63) is 35.9 Å². The Hall–Kier alpha value is -2.16. The van der Waals surface area contributed by atoms with E-state index in [0.29, 0.717) is 17.9 Å². The Morgan fingerprint density at radius 1 is 1.32 bits per heavy atom. The number of anilines is 1. The Balaban J connectivity index is 2.29. The molecule has 0 saturated carbocycles. The number of hydrogen-bond acceptors (Lipinski definition) is 5. The molecule has 0 aliphatic rings. The fourth-order valence-corrected chi connectivity index (χ4v) is 1.78. The van der Waals surface area contributed by atoms with Crippen LogP contribution in [0.1, 0.15) is 5.56 Å². The highest BCUT2D eigenvalue weighted by Crippen LogP contribution is 2.19. The van der Waals surface area contributed by atoms with Gasteiger partial charge in [-0.15, -0.1) is 0 Å². The van der Waals surface area contributed by atoms with Crippen LogP contribution in [-0.2, 0) is 9.47 Å². The topological polar surface area (TPSA) is 67.2 Å². The van der Waals surface area contributed by atoms with Crippen LogP contribution in [0.25, 0.3) is 10.9 Å². The molecular formula is C14H15N3O2. The van der Waals surface area contributed by atoms with Gasteiger partial charge in [0.25, 0.3) is 0 Å². The van der Waals surface area contributed by atoms with E-state index in [1.165, 1.54) is 0 Å². The maximum absolute atomic E-state index is 9.17. The summed E-state index contributed by atoms with van der Waals surface area (Å²) in [7, 11) is 3.13. The third kappa shape index (κ3) is 2.99. The lowest BCUT2D eigenvalue weighted by Gasteiger charge is -2.15. The number of hydrogen-bond donors (Lipinski definition) is 1. The summed E-state index contributed by atoms with van der Waals surface area (Å²) in [5, 5.41) is 13.2. The summed E-state index contributed by atoms with van der Waals surface area (Å²) < 4.78 is 10.2. The van der Waals surface area contributed by atoms with Gasteiger partial charge in [-0.2, -0.15) is 5.26 Å². The first-order valence-electron chi connectivity index (χ1n) is 5.88. The molecule has 0 amide bonds. The number of rotatable bonds is 5. The second-order valence-electron chi connectivity index (χ2n) is 3.97. The number of fused-ring (bicyclic) bond motifs is 1. The van der Waals surface area contributed by atoms with Crippen molar-refractivity contribution in [2.75, 3.05) is 26.1 Å². The Morgan fingerprint density at radius 2 is 2.05 bits per heavy atom. The summed E-state index contributed by atoms with van der Waals surface area (Å²) in [6, 6.07) is 11.6. The molecule has 0 saturated heterocycles. The van der Waals surface area contributed by atoms with Crippen LogP contribution in [0.2, 0.25) is 0 Å². The number of aromatic nitrogens is 1. The Morgan fingerprint density at radius 3 is 2.74 bits per heavy atom. The number of nitrogens with one attached hydrogen (secondary N) is 1. The Labute approximate surface area is 111 Å². The standard InChI is InChI=1S/C14H15N3O2/c1-18-13(19-2)9-16-14-11(8-15)7-10-5-3-4-6-12(10)17-14/h3-7,13H,9H2,1-2H3,(H,16,17). The lowest BCUT2D eigenvalue weighted by molar-refractivity contribution is -0.0914. The van der Waals surface area contributed by atoms with E-state index < -0.39 is 0 Å². The molecule has 1 aromatic heterocycles. The van der Waals surface area contributed by atoms with Gasteiger partial charge in [-0.3, -0.25) is 0 Å². The van der Waals surface area contributed by atoms with Crippen LogP contribution in [0.4, 0.5) is 5.82 Å². The maximum atomic E-state index is 9.17. The van der Waals surface area contributed by atoms with Crippen LogP contribution in [0.15, 0.2) is 30.3 Å². The SMILES string of the molecule is COC(CNc1nc2ccccc2cc1C#N)OC. The lowest BCUT2D eigenvalue weighted by Crippen LogP contribution is -2.24. The van der Waals surface area contributed by atoms with Crippen LogP contribution in [0.3, 0.4) is 0 Å². The van der Waals surface area contributed by atoms with Gasteiger partial charge in [0.1, 0.15) is 11.9 Å². The molecule has 5 nitrogen and oxygen atoms in total. The van der Waals surface area contributed by atoms with Gasteiger partial charge in [-0.25, -0.2) is 4.98 Å². The summed E-state index contributed by atoms with van der Waals surface area (Å²) in [5.74, 6) is 0.542. The minimum absolute atomic E-state index is 0.375. The molecule has 2 aromatic rings. The van der Waals surface area contributed by atoms with Gasteiger partial charge in [-0.05, 0) is 12.1 Å². The smallest absolute Gasteiger partial charge is 0.173 e. The molecule has 0 radical (unpaired) electrons. The third-order valence-corrected chi connectivity index (χ3v) is 2.81. The van der Waals surface area contributed by atoms with Crippen molar-refractivity contribution in [3.63, 3.8) is 0 Å². The molecule has 0 aliphatic heterocycles. The number of methoxy groups -OCH3 is 2. The summed E-state index contributed by atoms with van der Waals surface area (Å²) in [5.41, 5.74) is 1.35. The second-order valence-corrected chi connectivity index (χ2v) is 3.97. The van der Waals surface area contributed by atoms with E-state index in [0.717, 1.165) is 10.9 Å². The molecule has 98 valence electrons. The normalized spacial score (nSPS) is 10.6. The summed E-state index contributed by atoms with van der Waals surface area (Å²) in [4.78, 5) is 4.44. The molecule has 0 spiro atoms. The zero-order chi connectivity index (χ0) is 13.7. The summed E-state index contributed by atoms with van der Waals surface area (Å²) >= 11 is 0. The zero-order valence-electron chi connectivity index (χ0n) is 10.9. The molecular weight excluding hydrogens is 242 g/mol. The quantitative estimate of drug-likeness (QED) is 0.831. The van der Waals surface area contributed by atoms with Gasteiger partial charge >= 0.3 is 0 Å². The van der Waals surface area contributed by atoms with E-state index in [4.69, 9.17) is 14.7 Å². The van der Waals surface area contributed by atoms with Crippen LogP contribution < -0.4 is 5.32 Å². The van der Waals surface area contributed by atoms with Gasteiger partial charge in [0.2, 0.25) is 0 Å². The largest absolute Gasteiger partial charge is 0.364 e. The van der Waals surface area contributed by atoms with E-state index in [-0.39, 0.29) is 6.29 Å². The minimum atomic E-state index is -0.375. The molecule has 0 fully saturated rings. The van der Waals surface area contributed by atoms with E-state index in [9.17, 15) is 0 Å². The minimum Gasteiger partial charge on any atom is -0.364 e. The summed E-state index contributed by atoms with van der Waals surface area (Å²) in [6.07, 6.45) is -0.375. The van der Waals surface area contributed by atoms with E-state index in [1.54, 1.807) is 14.2 Å². The average molecular weight is 257 g/mol. The van der Waals surface area contributed by atoms with Crippen LogP contribution in [-0.4, -0.2) is 32.0 Å². The molecule has 1 N–H and O–H groups in total. The van der Waals surface area contributed by atoms with Crippen molar-refractivity contribution in [2.24, 2.45) is 0 Å². The fraction of sp³-hybridized carbons (Fsp3) is 0.286. The van der Waals surface area contributed by atoms with E-state index in [1.807, 2.05) is 30.3 Å². The molecule has 5 heteroatoms.